The Kier molecular flexibility index (Phi) is 6.61. The van der Waals surface area contributed by atoms with Gasteiger partial charge in [-0.3, -0.25) is 9.10 Å². The summed E-state index contributed by atoms with van der Waals surface area (Å²) < 4.78 is 41.5. The lowest BCUT2D eigenvalue weighted by Gasteiger charge is -2.19. The number of thiazole rings is 1. The summed E-state index contributed by atoms with van der Waals surface area (Å²) in [5, 5.41) is 0. The molecule has 2 heterocycles. The Morgan fingerprint density at radius 3 is 2.49 bits per heavy atom. The van der Waals surface area contributed by atoms with Crippen LogP contribution in [0.1, 0.15) is 15.9 Å². The molecule has 5 rings (SSSR count). The number of para-hydroxylation sites is 1. The Labute approximate surface area is 218 Å². The van der Waals surface area contributed by atoms with Crippen LogP contribution in [-0.2, 0) is 23.0 Å². The molecule has 1 amide bonds. The number of ether oxygens (including phenoxy) is 2. The molecule has 0 spiro atoms. The van der Waals surface area contributed by atoms with Gasteiger partial charge in [-0.25, -0.2) is 8.42 Å². The number of hydrogen-bond donors (Lipinski definition) is 0. The van der Waals surface area contributed by atoms with Gasteiger partial charge in [-0.05, 0) is 42.3 Å². The fourth-order valence-electron chi connectivity index (χ4n) is 4.39. The van der Waals surface area contributed by atoms with Gasteiger partial charge in [-0.2, -0.15) is 4.99 Å². The Bertz CT molecular complexity index is 1690. The van der Waals surface area contributed by atoms with Crippen molar-refractivity contribution in [3.8, 4) is 11.5 Å². The van der Waals surface area contributed by atoms with E-state index in [1.54, 1.807) is 20.3 Å². The number of benzene rings is 3. The molecule has 4 aromatic rings. The Morgan fingerprint density at radius 2 is 1.78 bits per heavy atom. The Balaban J connectivity index is 1.48. The molecule has 0 saturated heterocycles. The third-order valence-electron chi connectivity index (χ3n) is 6.23. The average molecular weight is 536 g/mol. The van der Waals surface area contributed by atoms with Gasteiger partial charge in [-0.15, -0.1) is 6.58 Å². The largest absolute Gasteiger partial charge is 0.493 e. The molecule has 0 saturated carbocycles. The number of carbonyl (C=O) groups excluding carboxylic acids is 1. The van der Waals surface area contributed by atoms with E-state index in [0.29, 0.717) is 47.1 Å². The Hall–Kier alpha value is -3.89. The van der Waals surface area contributed by atoms with Crippen LogP contribution >= 0.6 is 11.3 Å². The van der Waals surface area contributed by atoms with Crippen LogP contribution in [0, 0.1) is 0 Å². The van der Waals surface area contributed by atoms with Crippen molar-refractivity contribution in [2.24, 2.45) is 4.99 Å². The number of sulfonamides is 1. The highest BCUT2D eigenvalue weighted by atomic mass is 32.2. The fourth-order valence-corrected chi connectivity index (χ4v) is 6.94. The first-order chi connectivity index (χ1) is 17.9. The number of allylic oxidation sites excluding steroid dienone is 1. The summed E-state index contributed by atoms with van der Waals surface area (Å²) in [5.41, 5.74) is 2.82. The lowest BCUT2D eigenvalue weighted by molar-refractivity contribution is 0.0998. The number of hydrogen-bond acceptors (Lipinski definition) is 6. The van der Waals surface area contributed by atoms with Crippen molar-refractivity contribution >= 4 is 43.2 Å². The molecule has 190 valence electrons. The molecule has 0 fully saturated rings. The average Bonchev–Trinajstić information content (AvgIpc) is 3.50. The van der Waals surface area contributed by atoms with Crippen molar-refractivity contribution in [3.05, 3.63) is 89.2 Å². The molecule has 1 aromatic heterocycles. The fraction of sp³-hybridized carbons (Fsp3) is 0.185. The van der Waals surface area contributed by atoms with Gasteiger partial charge in [0.15, 0.2) is 16.3 Å². The first kappa shape index (κ1) is 24.8. The number of methoxy groups -OCH3 is 2. The van der Waals surface area contributed by atoms with E-state index in [0.717, 1.165) is 15.8 Å². The zero-order chi connectivity index (χ0) is 26.2. The van der Waals surface area contributed by atoms with Crippen LogP contribution in [0.5, 0.6) is 11.5 Å². The molecule has 1 aliphatic heterocycles. The van der Waals surface area contributed by atoms with E-state index in [2.05, 4.69) is 11.6 Å². The van der Waals surface area contributed by atoms with Crippen LogP contribution in [-0.4, -0.2) is 39.7 Å². The van der Waals surface area contributed by atoms with Gasteiger partial charge in [-0.1, -0.05) is 35.6 Å². The second kappa shape index (κ2) is 9.87. The van der Waals surface area contributed by atoms with Crippen molar-refractivity contribution in [1.82, 2.24) is 4.57 Å². The minimum atomic E-state index is -3.74. The molecular formula is C27H25N3O5S2. The Morgan fingerprint density at radius 1 is 1.08 bits per heavy atom. The lowest BCUT2D eigenvalue weighted by Crippen LogP contribution is -2.29. The van der Waals surface area contributed by atoms with Crippen LogP contribution in [0.3, 0.4) is 0 Å². The number of aromatic nitrogens is 1. The third kappa shape index (κ3) is 4.42. The van der Waals surface area contributed by atoms with Gasteiger partial charge in [0.05, 0.1) is 35.0 Å². The summed E-state index contributed by atoms with van der Waals surface area (Å²) in [4.78, 5) is 18.0. The van der Waals surface area contributed by atoms with Crippen molar-refractivity contribution in [2.45, 2.75) is 17.9 Å². The molecule has 1 aliphatic rings. The minimum absolute atomic E-state index is 0.128. The van der Waals surface area contributed by atoms with E-state index < -0.39 is 15.9 Å². The predicted molar refractivity (Wildman–Crippen MR) is 144 cm³/mol. The zero-order valence-electron chi connectivity index (χ0n) is 20.4. The minimum Gasteiger partial charge on any atom is -0.493 e. The second-order valence-corrected chi connectivity index (χ2v) is 11.2. The van der Waals surface area contributed by atoms with Crippen molar-refractivity contribution in [3.63, 3.8) is 0 Å². The highest BCUT2D eigenvalue weighted by Crippen LogP contribution is 2.34. The van der Waals surface area contributed by atoms with Crippen LogP contribution in [0.25, 0.3) is 10.2 Å². The third-order valence-corrected chi connectivity index (χ3v) is 9.10. The smallest absolute Gasteiger partial charge is 0.279 e. The molecule has 3 aromatic carbocycles. The second-order valence-electron chi connectivity index (χ2n) is 8.36. The summed E-state index contributed by atoms with van der Waals surface area (Å²) in [6, 6.07) is 17.1. The summed E-state index contributed by atoms with van der Waals surface area (Å²) in [7, 11) is -0.613. The van der Waals surface area contributed by atoms with Crippen molar-refractivity contribution in [2.75, 3.05) is 25.1 Å². The highest BCUT2D eigenvalue weighted by molar-refractivity contribution is 7.92. The van der Waals surface area contributed by atoms with E-state index >= 15 is 0 Å². The first-order valence-electron chi connectivity index (χ1n) is 11.5. The molecule has 0 bridgehead atoms. The van der Waals surface area contributed by atoms with Gasteiger partial charge < -0.3 is 14.0 Å². The molecule has 10 heteroatoms. The molecular weight excluding hydrogens is 510 g/mol. The van der Waals surface area contributed by atoms with E-state index in [1.807, 2.05) is 41.0 Å². The van der Waals surface area contributed by atoms with E-state index in [9.17, 15) is 13.2 Å². The summed E-state index contributed by atoms with van der Waals surface area (Å²) in [5.74, 6) is 0.678. The maximum absolute atomic E-state index is 13.3. The molecule has 0 aliphatic carbocycles. The van der Waals surface area contributed by atoms with Gasteiger partial charge in [0.1, 0.15) is 0 Å². The normalized spacial score (nSPS) is 13.6. The molecule has 0 unspecified atom stereocenters. The zero-order valence-corrected chi connectivity index (χ0v) is 22.0. The number of nitrogens with zero attached hydrogens (tertiary/aromatic N) is 3. The molecule has 0 atom stereocenters. The predicted octanol–water partition coefficient (Wildman–Crippen LogP) is 4.40. The maximum atomic E-state index is 13.3. The summed E-state index contributed by atoms with van der Waals surface area (Å²) in [6.45, 7) is 4.65. The molecule has 8 nitrogen and oxygen atoms in total. The number of fused-ring (bicyclic) bond motifs is 2. The van der Waals surface area contributed by atoms with E-state index in [1.165, 1.54) is 39.9 Å². The van der Waals surface area contributed by atoms with E-state index in [4.69, 9.17) is 9.47 Å². The number of amides is 1. The quantitative estimate of drug-likeness (QED) is 0.327. The van der Waals surface area contributed by atoms with Gasteiger partial charge in [0.2, 0.25) is 0 Å². The van der Waals surface area contributed by atoms with Gasteiger partial charge in [0, 0.05) is 30.8 Å². The molecule has 0 radical (unpaired) electrons. The molecule has 37 heavy (non-hydrogen) atoms. The van der Waals surface area contributed by atoms with Crippen LogP contribution in [0.4, 0.5) is 5.69 Å². The highest BCUT2D eigenvalue weighted by Gasteiger charge is 2.30. The summed E-state index contributed by atoms with van der Waals surface area (Å²) in [6.07, 6.45) is 2.39. The maximum Gasteiger partial charge on any atom is 0.279 e. The standard InChI is InChI=1S/C27H25N3O5S2/c1-4-14-29-22-16-23(34-2)24(35-3)17-25(22)36-27(29)28-26(31)19-9-11-20(12-10-19)37(32,33)30-15-13-18-7-5-6-8-21(18)30/h4-12,16-17H,1,13-15H2,2-3H3. The number of carbonyl (C=O) groups is 1. The van der Waals surface area contributed by atoms with Crippen LogP contribution in [0.2, 0.25) is 0 Å². The van der Waals surface area contributed by atoms with Crippen molar-refractivity contribution < 1.29 is 22.7 Å². The number of anilines is 1. The topological polar surface area (TPSA) is 90.2 Å². The number of rotatable bonds is 7. The first-order valence-corrected chi connectivity index (χ1v) is 13.8. The van der Waals surface area contributed by atoms with Gasteiger partial charge in [0.25, 0.3) is 15.9 Å². The van der Waals surface area contributed by atoms with E-state index in [-0.39, 0.29) is 4.90 Å². The SMILES string of the molecule is C=CCn1c(=NC(=O)c2ccc(S(=O)(=O)N3CCc4ccccc43)cc2)sc2cc(OC)c(OC)cc21. The lowest BCUT2D eigenvalue weighted by atomic mass is 10.2. The van der Waals surface area contributed by atoms with Crippen LogP contribution < -0.4 is 18.6 Å². The monoisotopic (exact) mass is 535 g/mol. The van der Waals surface area contributed by atoms with Crippen LogP contribution in [0.15, 0.2) is 83.2 Å². The van der Waals surface area contributed by atoms with Gasteiger partial charge >= 0.3 is 0 Å². The van der Waals surface area contributed by atoms with Crippen molar-refractivity contribution in [1.29, 1.82) is 0 Å². The molecule has 0 N–H and O–H groups in total. The summed E-state index contributed by atoms with van der Waals surface area (Å²) >= 11 is 1.34.